The van der Waals surface area contributed by atoms with E-state index in [0.29, 0.717) is 17.8 Å². The van der Waals surface area contributed by atoms with Crippen LogP contribution in [0.5, 0.6) is 0 Å². The summed E-state index contributed by atoms with van der Waals surface area (Å²) < 4.78 is 0. The number of nitrogens with zero attached hydrogens (tertiary/aromatic N) is 1. The predicted octanol–water partition coefficient (Wildman–Crippen LogP) is 3.84. The third kappa shape index (κ3) is 3.97. The second-order valence-electron chi connectivity index (χ2n) is 6.67. The Balaban J connectivity index is 1.69. The van der Waals surface area contributed by atoms with Gasteiger partial charge in [-0.3, -0.25) is 14.5 Å². The number of aryl methyl sites for hydroxylation is 1. The molecule has 1 atom stereocenters. The quantitative estimate of drug-likeness (QED) is 0.844. The van der Waals surface area contributed by atoms with Crippen molar-refractivity contribution in [2.24, 2.45) is 0 Å². The summed E-state index contributed by atoms with van der Waals surface area (Å²) in [7, 11) is 1.99. The number of likely N-dealkylation sites (N-methyl/N-ethyl adjacent to an activating group) is 1. The third-order valence-electron chi connectivity index (χ3n) is 4.84. The lowest BCUT2D eigenvalue weighted by Gasteiger charge is -2.32. The normalized spacial score (nSPS) is 16.4. The average molecular weight is 336 g/mol. The molecule has 130 valence electrons. The van der Waals surface area contributed by atoms with Gasteiger partial charge in [0, 0.05) is 11.6 Å². The molecular formula is C21H24N2O2. The highest BCUT2D eigenvalue weighted by atomic mass is 16.2. The number of carbonyl (C=O) groups excluding carboxylic acids is 2. The van der Waals surface area contributed by atoms with Crippen molar-refractivity contribution in [2.75, 3.05) is 18.9 Å². The van der Waals surface area contributed by atoms with Crippen molar-refractivity contribution in [3.05, 3.63) is 65.2 Å². The minimum atomic E-state index is -0.0979. The van der Waals surface area contributed by atoms with Crippen molar-refractivity contribution in [2.45, 2.75) is 32.2 Å². The SMILES string of the molecule is CC(=O)c1ccccc1NC(=O)CN(C)C1CCCc2ccccc21. The first kappa shape index (κ1) is 17.4. The van der Waals surface area contributed by atoms with Crippen molar-refractivity contribution < 1.29 is 9.59 Å². The standard InChI is InChI=1S/C21H24N2O2/c1-15(24)17-10-5-6-12-19(17)22-21(25)14-23(2)20-13-7-9-16-8-3-4-11-18(16)20/h3-6,8,10-12,20H,7,9,13-14H2,1-2H3,(H,22,25). The molecule has 1 aliphatic rings. The molecule has 0 bridgehead atoms. The van der Waals surface area contributed by atoms with E-state index in [0.717, 1.165) is 19.3 Å². The Morgan fingerprint density at radius 3 is 2.64 bits per heavy atom. The Bertz CT molecular complexity index is 785. The zero-order chi connectivity index (χ0) is 17.8. The summed E-state index contributed by atoms with van der Waals surface area (Å²) in [6.45, 7) is 1.81. The lowest BCUT2D eigenvalue weighted by atomic mass is 9.87. The maximum atomic E-state index is 12.5. The van der Waals surface area contributed by atoms with Gasteiger partial charge in [-0.15, -0.1) is 0 Å². The monoisotopic (exact) mass is 336 g/mol. The van der Waals surface area contributed by atoms with Crippen molar-refractivity contribution in [3.63, 3.8) is 0 Å². The van der Waals surface area contributed by atoms with Crippen molar-refractivity contribution in [1.82, 2.24) is 4.90 Å². The topological polar surface area (TPSA) is 49.4 Å². The van der Waals surface area contributed by atoms with Crippen LogP contribution >= 0.6 is 0 Å². The molecule has 3 rings (SSSR count). The number of anilines is 1. The second kappa shape index (κ2) is 7.62. The highest BCUT2D eigenvalue weighted by Gasteiger charge is 2.24. The van der Waals surface area contributed by atoms with Gasteiger partial charge in [-0.2, -0.15) is 0 Å². The fraction of sp³-hybridized carbons (Fsp3) is 0.333. The Morgan fingerprint density at radius 1 is 1.12 bits per heavy atom. The molecule has 1 unspecified atom stereocenters. The van der Waals surface area contributed by atoms with E-state index < -0.39 is 0 Å². The fourth-order valence-corrected chi connectivity index (χ4v) is 3.61. The molecule has 0 fully saturated rings. The van der Waals surface area contributed by atoms with Gasteiger partial charge in [0.05, 0.1) is 12.2 Å². The molecule has 2 aromatic rings. The molecule has 1 amide bonds. The molecule has 1 aliphatic carbocycles. The van der Waals surface area contributed by atoms with E-state index >= 15 is 0 Å². The number of hydrogen-bond donors (Lipinski definition) is 1. The molecule has 4 nitrogen and oxygen atoms in total. The van der Waals surface area contributed by atoms with Crippen LogP contribution in [0.4, 0.5) is 5.69 Å². The molecule has 25 heavy (non-hydrogen) atoms. The first-order valence-electron chi connectivity index (χ1n) is 8.74. The summed E-state index contributed by atoms with van der Waals surface area (Å²) >= 11 is 0. The van der Waals surface area contributed by atoms with E-state index in [9.17, 15) is 9.59 Å². The van der Waals surface area contributed by atoms with Crippen molar-refractivity contribution >= 4 is 17.4 Å². The number of rotatable bonds is 5. The van der Waals surface area contributed by atoms with Crippen molar-refractivity contribution in [3.8, 4) is 0 Å². The largest absolute Gasteiger partial charge is 0.324 e. The van der Waals surface area contributed by atoms with Crippen LogP contribution in [0.25, 0.3) is 0 Å². The molecule has 0 radical (unpaired) electrons. The molecule has 0 aliphatic heterocycles. The summed E-state index contributed by atoms with van der Waals surface area (Å²) in [5.74, 6) is -0.148. The zero-order valence-electron chi connectivity index (χ0n) is 14.8. The molecular weight excluding hydrogens is 312 g/mol. The Morgan fingerprint density at radius 2 is 1.84 bits per heavy atom. The van der Waals surface area contributed by atoms with Crippen LogP contribution < -0.4 is 5.32 Å². The Kier molecular flexibility index (Phi) is 5.29. The van der Waals surface area contributed by atoms with E-state index in [1.54, 1.807) is 18.2 Å². The summed E-state index contributed by atoms with van der Waals surface area (Å²) in [6.07, 6.45) is 3.31. The van der Waals surface area contributed by atoms with Crippen LogP contribution in [0, 0.1) is 0 Å². The molecule has 1 N–H and O–H groups in total. The molecule has 0 saturated carbocycles. The molecule has 2 aromatic carbocycles. The summed E-state index contributed by atoms with van der Waals surface area (Å²) in [6, 6.07) is 15.9. The van der Waals surface area contributed by atoms with Crippen LogP contribution in [-0.2, 0) is 11.2 Å². The second-order valence-corrected chi connectivity index (χ2v) is 6.67. The van der Waals surface area contributed by atoms with Crippen LogP contribution in [0.1, 0.15) is 47.3 Å². The Labute approximate surface area is 148 Å². The van der Waals surface area contributed by atoms with Gasteiger partial charge in [-0.1, -0.05) is 36.4 Å². The maximum Gasteiger partial charge on any atom is 0.238 e. The van der Waals surface area contributed by atoms with Crippen LogP contribution in [0.15, 0.2) is 48.5 Å². The average Bonchev–Trinajstić information content (AvgIpc) is 2.61. The van der Waals surface area contributed by atoms with Gasteiger partial charge >= 0.3 is 0 Å². The maximum absolute atomic E-state index is 12.5. The Hall–Kier alpha value is -2.46. The summed E-state index contributed by atoms with van der Waals surface area (Å²) in [5, 5.41) is 2.88. The summed E-state index contributed by atoms with van der Waals surface area (Å²) in [5.41, 5.74) is 3.83. The number of ketones is 1. The van der Waals surface area contributed by atoms with E-state index in [2.05, 4.69) is 34.5 Å². The lowest BCUT2D eigenvalue weighted by Crippen LogP contribution is -2.35. The number of nitrogens with one attached hydrogen (secondary N) is 1. The summed E-state index contributed by atoms with van der Waals surface area (Å²) in [4.78, 5) is 26.3. The van der Waals surface area contributed by atoms with Gasteiger partial charge < -0.3 is 5.32 Å². The van der Waals surface area contributed by atoms with E-state index in [1.807, 2.05) is 13.1 Å². The van der Waals surface area contributed by atoms with Gasteiger partial charge in [0.15, 0.2) is 5.78 Å². The van der Waals surface area contributed by atoms with Gasteiger partial charge in [0.1, 0.15) is 0 Å². The minimum Gasteiger partial charge on any atom is -0.324 e. The molecule has 0 heterocycles. The number of hydrogen-bond acceptors (Lipinski definition) is 3. The molecule has 0 saturated heterocycles. The number of Topliss-reactive ketones (excluding diaryl/α,β-unsaturated/α-hetero) is 1. The fourth-order valence-electron chi connectivity index (χ4n) is 3.61. The highest BCUT2D eigenvalue weighted by molar-refractivity contribution is 6.04. The molecule has 0 spiro atoms. The first-order valence-corrected chi connectivity index (χ1v) is 8.74. The van der Waals surface area contributed by atoms with Crippen LogP contribution in [0.2, 0.25) is 0 Å². The first-order chi connectivity index (χ1) is 12.1. The number of para-hydroxylation sites is 1. The van der Waals surface area contributed by atoms with Gasteiger partial charge in [0.25, 0.3) is 0 Å². The molecule has 0 aromatic heterocycles. The van der Waals surface area contributed by atoms with Gasteiger partial charge in [-0.25, -0.2) is 0 Å². The number of benzene rings is 2. The van der Waals surface area contributed by atoms with Gasteiger partial charge in [0.2, 0.25) is 5.91 Å². The minimum absolute atomic E-state index is 0.0505. The lowest BCUT2D eigenvalue weighted by molar-refractivity contribution is -0.117. The van der Waals surface area contributed by atoms with E-state index in [1.165, 1.54) is 18.1 Å². The van der Waals surface area contributed by atoms with E-state index in [-0.39, 0.29) is 17.7 Å². The predicted molar refractivity (Wildman–Crippen MR) is 99.8 cm³/mol. The van der Waals surface area contributed by atoms with Crippen LogP contribution in [0.3, 0.4) is 0 Å². The van der Waals surface area contributed by atoms with Crippen LogP contribution in [-0.4, -0.2) is 30.2 Å². The number of carbonyl (C=O) groups is 2. The smallest absolute Gasteiger partial charge is 0.238 e. The van der Waals surface area contributed by atoms with Crippen molar-refractivity contribution in [1.29, 1.82) is 0 Å². The number of amides is 1. The van der Waals surface area contributed by atoms with E-state index in [4.69, 9.17) is 0 Å². The molecule has 4 heteroatoms. The highest BCUT2D eigenvalue weighted by Crippen LogP contribution is 2.33. The van der Waals surface area contributed by atoms with Gasteiger partial charge in [-0.05, 0) is 56.5 Å². The number of fused-ring (bicyclic) bond motifs is 1. The third-order valence-corrected chi connectivity index (χ3v) is 4.84. The zero-order valence-corrected chi connectivity index (χ0v) is 14.8.